The van der Waals surface area contributed by atoms with Gasteiger partial charge in [0.25, 0.3) is 0 Å². The van der Waals surface area contributed by atoms with Crippen LogP contribution in [0, 0.1) is 0 Å². The minimum atomic E-state index is -0.354. The summed E-state index contributed by atoms with van der Waals surface area (Å²) in [6.45, 7) is 2.11. The van der Waals surface area contributed by atoms with E-state index in [4.69, 9.17) is 17.0 Å². The molecule has 3 rings (SSSR count). The van der Waals surface area contributed by atoms with E-state index in [9.17, 15) is 4.79 Å². The van der Waals surface area contributed by atoms with Gasteiger partial charge < -0.3 is 15.4 Å². The van der Waals surface area contributed by atoms with E-state index in [1.54, 1.807) is 6.92 Å². The zero-order valence-electron chi connectivity index (χ0n) is 13.3. The van der Waals surface area contributed by atoms with Crippen LogP contribution in [0.1, 0.15) is 24.1 Å². The topological polar surface area (TPSA) is 50.4 Å². The van der Waals surface area contributed by atoms with Crippen molar-refractivity contribution in [3.05, 3.63) is 77.4 Å². The number of hydrogen-bond acceptors (Lipinski definition) is 3. The second kappa shape index (κ2) is 7.27. The fraction of sp³-hybridized carbons (Fsp3) is 0.158. The van der Waals surface area contributed by atoms with Gasteiger partial charge >= 0.3 is 5.97 Å². The molecule has 0 unspecified atom stereocenters. The van der Waals surface area contributed by atoms with Crippen molar-refractivity contribution in [3.63, 3.8) is 0 Å². The summed E-state index contributed by atoms with van der Waals surface area (Å²) in [5, 5.41) is 6.79. The van der Waals surface area contributed by atoms with Crippen LogP contribution in [0.25, 0.3) is 5.70 Å². The van der Waals surface area contributed by atoms with Crippen molar-refractivity contribution in [1.29, 1.82) is 0 Å². The van der Waals surface area contributed by atoms with Gasteiger partial charge in [0.2, 0.25) is 0 Å². The molecule has 0 spiro atoms. The molecule has 1 atom stereocenters. The first kappa shape index (κ1) is 16.2. The number of benzene rings is 2. The molecule has 5 heteroatoms. The van der Waals surface area contributed by atoms with Crippen LogP contribution in [0.3, 0.4) is 0 Å². The second-order valence-corrected chi connectivity index (χ2v) is 5.73. The third kappa shape index (κ3) is 3.31. The Balaban J connectivity index is 2.16. The van der Waals surface area contributed by atoms with Crippen molar-refractivity contribution in [2.24, 2.45) is 0 Å². The van der Waals surface area contributed by atoms with Gasteiger partial charge in [-0.3, -0.25) is 0 Å². The summed E-state index contributed by atoms with van der Waals surface area (Å²) < 4.78 is 5.30. The smallest absolute Gasteiger partial charge is 0.338 e. The molecular weight excluding hydrogens is 320 g/mol. The van der Waals surface area contributed by atoms with E-state index < -0.39 is 0 Å². The number of esters is 1. The summed E-state index contributed by atoms with van der Waals surface area (Å²) >= 11 is 5.36. The maximum atomic E-state index is 12.7. The number of rotatable bonds is 4. The fourth-order valence-corrected chi connectivity index (χ4v) is 2.94. The van der Waals surface area contributed by atoms with E-state index in [-0.39, 0.29) is 12.0 Å². The molecule has 1 aliphatic heterocycles. The number of carbonyl (C=O) groups excluding carboxylic acids is 1. The van der Waals surface area contributed by atoms with Gasteiger partial charge in [0.05, 0.1) is 23.9 Å². The molecule has 1 aliphatic rings. The highest BCUT2D eigenvalue weighted by molar-refractivity contribution is 7.80. The van der Waals surface area contributed by atoms with Crippen molar-refractivity contribution in [2.45, 2.75) is 13.0 Å². The molecule has 0 amide bonds. The van der Waals surface area contributed by atoms with Crippen molar-refractivity contribution in [1.82, 2.24) is 10.6 Å². The van der Waals surface area contributed by atoms with Crippen molar-refractivity contribution in [3.8, 4) is 0 Å². The van der Waals surface area contributed by atoms with E-state index in [0.29, 0.717) is 23.0 Å². The van der Waals surface area contributed by atoms with E-state index in [1.807, 2.05) is 60.7 Å². The van der Waals surface area contributed by atoms with E-state index in [1.165, 1.54) is 0 Å². The standard InChI is InChI=1S/C19H18N2O2S/c1-2-23-18(22)15-16(13-9-5-3-6-10-13)20-19(24)21-17(15)14-11-7-4-8-12-14/h3-12,16H,2H2,1H3,(H2,20,21,24)/t16-/m1/s1. The SMILES string of the molecule is CCOC(=O)C1=C(c2ccccc2)NC(=S)N[C@@H]1c1ccccc1. The second-order valence-electron chi connectivity index (χ2n) is 5.32. The van der Waals surface area contributed by atoms with E-state index in [0.717, 1.165) is 11.1 Å². The largest absolute Gasteiger partial charge is 0.463 e. The van der Waals surface area contributed by atoms with Crippen LogP contribution in [0.4, 0.5) is 0 Å². The zero-order chi connectivity index (χ0) is 16.9. The lowest BCUT2D eigenvalue weighted by Crippen LogP contribution is -2.45. The number of thiocarbonyl (C=S) groups is 1. The predicted octanol–water partition coefficient (Wildman–Crippen LogP) is 3.18. The fourth-order valence-electron chi connectivity index (χ4n) is 2.72. The van der Waals surface area contributed by atoms with Crippen LogP contribution >= 0.6 is 12.2 Å². The Morgan fingerprint density at radius 1 is 1.08 bits per heavy atom. The number of ether oxygens (including phenoxy) is 1. The van der Waals surface area contributed by atoms with Crippen LogP contribution < -0.4 is 10.6 Å². The minimum Gasteiger partial charge on any atom is -0.463 e. The molecule has 24 heavy (non-hydrogen) atoms. The monoisotopic (exact) mass is 338 g/mol. The lowest BCUT2D eigenvalue weighted by molar-refractivity contribution is -0.138. The maximum Gasteiger partial charge on any atom is 0.338 e. The summed E-state index contributed by atoms with van der Waals surface area (Å²) in [7, 11) is 0. The Labute approximate surface area is 146 Å². The number of carbonyl (C=O) groups is 1. The van der Waals surface area contributed by atoms with Crippen molar-refractivity contribution in [2.75, 3.05) is 6.61 Å². The molecule has 0 bridgehead atoms. The average molecular weight is 338 g/mol. The summed E-state index contributed by atoms with van der Waals surface area (Å²) in [6, 6.07) is 19.1. The third-order valence-electron chi connectivity index (χ3n) is 3.76. The Morgan fingerprint density at radius 2 is 1.71 bits per heavy atom. The van der Waals surface area contributed by atoms with Gasteiger partial charge in [0.15, 0.2) is 5.11 Å². The quantitative estimate of drug-likeness (QED) is 0.662. The zero-order valence-corrected chi connectivity index (χ0v) is 14.1. The predicted molar refractivity (Wildman–Crippen MR) is 98.0 cm³/mol. The molecule has 0 aromatic heterocycles. The summed E-state index contributed by atoms with van der Waals surface area (Å²) in [5.41, 5.74) is 3.07. The first-order valence-electron chi connectivity index (χ1n) is 7.80. The normalized spacial score (nSPS) is 17.0. The molecular formula is C19H18N2O2S. The lowest BCUT2D eigenvalue weighted by atomic mass is 9.93. The number of hydrogen-bond donors (Lipinski definition) is 2. The summed E-state index contributed by atoms with van der Waals surface area (Å²) in [6.07, 6.45) is 0. The molecule has 1 heterocycles. The van der Waals surface area contributed by atoms with Gasteiger partial charge in [-0.15, -0.1) is 0 Å². The molecule has 0 radical (unpaired) electrons. The maximum absolute atomic E-state index is 12.7. The lowest BCUT2D eigenvalue weighted by Gasteiger charge is -2.31. The van der Waals surface area contributed by atoms with Gasteiger partial charge in [0, 0.05) is 0 Å². The molecule has 122 valence electrons. The first-order valence-corrected chi connectivity index (χ1v) is 8.20. The third-order valence-corrected chi connectivity index (χ3v) is 3.98. The van der Waals surface area contributed by atoms with E-state index >= 15 is 0 Å². The highest BCUT2D eigenvalue weighted by Gasteiger charge is 2.32. The Morgan fingerprint density at radius 3 is 2.33 bits per heavy atom. The minimum absolute atomic E-state index is 0.316. The van der Waals surface area contributed by atoms with Crippen LogP contribution in [0.5, 0.6) is 0 Å². The molecule has 0 aliphatic carbocycles. The van der Waals surface area contributed by atoms with E-state index in [2.05, 4.69) is 10.6 Å². The highest BCUT2D eigenvalue weighted by Crippen LogP contribution is 2.31. The van der Waals surface area contributed by atoms with Crippen molar-refractivity contribution < 1.29 is 9.53 Å². The van der Waals surface area contributed by atoms with Gasteiger partial charge in [-0.25, -0.2) is 4.79 Å². The highest BCUT2D eigenvalue weighted by atomic mass is 32.1. The molecule has 2 N–H and O–H groups in total. The molecule has 0 fully saturated rings. The Bertz CT molecular complexity index is 772. The van der Waals surface area contributed by atoms with Gasteiger partial charge in [-0.2, -0.15) is 0 Å². The van der Waals surface area contributed by atoms with Crippen LogP contribution in [-0.2, 0) is 9.53 Å². The molecule has 2 aromatic carbocycles. The van der Waals surface area contributed by atoms with Crippen LogP contribution in [0.2, 0.25) is 0 Å². The van der Waals surface area contributed by atoms with Gasteiger partial charge in [0.1, 0.15) is 0 Å². The number of nitrogens with one attached hydrogen (secondary N) is 2. The van der Waals surface area contributed by atoms with Crippen LogP contribution in [0.15, 0.2) is 66.2 Å². The van der Waals surface area contributed by atoms with Gasteiger partial charge in [-0.05, 0) is 30.3 Å². The first-order chi connectivity index (χ1) is 11.7. The molecule has 0 saturated carbocycles. The summed E-state index contributed by atoms with van der Waals surface area (Å²) in [5.74, 6) is -0.354. The van der Waals surface area contributed by atoms with Crippen LogP contribution in [-0.4, -0.2) is 17.7 Å². The summed E-state index contributed by atoms with van der Waals surface area (Å²) in [4.78, 5) is 12.7. The molecule has 4 nitrogen and oxygen atoms in total. The van der Waals surface area contributed by atoms with Gasteiger partial charge in [-0.1, -0.05) is 60.7 Å². The average Bonchev–Trinajstić information content (AvgIpc) is 2.62. The van der Waals surface area contributed by atoms with Crippen molar-refractivity contribution >= 4 is 29.0 Å². The molecule has 2 aromatic rings. The Kier molecular flexibility index (Phi) is 4.91. The molecule has 0 saturated heterocycles. The Hall–Kier alpha value is -2.66.